The summed E-state index contributed by atoms with van der Waals surface area (Å²) in [6, 6.07) is 5.62. The maximum Gasteiger partial charge on any atom is 0.125 e. The number of nitrogens with zero attached hydrogens (tertiary/aromatic N) is 2. The Balaban J connectivity index is 2.27. The summed E-state index contributed by atoms with van der Waals surface area (Å²) < 4.78 is 8.06. The lowest BCUT2D eigenvalue weighted by Gasteiger charge is -2.09. The van der Waals surface area contributed by atoms with Crippen molar-refractivity contribution >= 4 is 21.6 Å². The van der Waals surface area contributed by atoms with Crippen molar-refractivity contribution in [2.24, 2.45) is 0 Å². The van der Waals surface area contributed by atoms with Crippen LogP contribution in [0.3, 0.4) is 0 Å². The van der Waals surface area contributed by atoms with E-state index >= 15 is 0 Å². The number of hydrogen-bond donors (Lipinski definition) is 1. The first kappa shape index (κ1) is 11.0. The molecule has 0 fully saturated rings. The maximum absolute atomic E-state index is 5.69. The van der Waals surface area contributed by atoms with Crippen molar-refractivity contribution in [1.82, 2.24) is 9.78 Å². The fourth-order valence-corrected chi connectivity index (χ4v) is 1.82. The van der Waals surface area contributed by atoms with Gasteiger partial charge in [-0.15, -0.1) is 0 Å². The van der Waals surface area contributed by atoms with Crippen LogP contribution in [0.4, 0.5) is 5.69 Å². The molecule has 0 radical (unpaired) electrons. The van der Waals surface area contributed by atoms with Crippen molar-refractivity contribution in [2.45, 2.75) is 6.54 Å². The molecule has 5 heteroatoms. The SMILES string of the molecule is COc1cc(N)ccc1Cn1cc(Br)cn1. The third-order valence-electron chi connectivity index (χ3n) is 2.25. The zero-order chi connectivity index (χ0) is 11.5. The summed E-state index contributed by atoms with van der Waals surface area (Å²) in [4.78, 5) is 0. The molecule has 2 N–H and O–H groups in total. The minimum atomic E-state index is 0.662. The van der Waals surface area contributed by atoms with Gasteiger partial charge < -0.3 is 10.5 Å². The summed E-state index contributed by atoms with van der Waals surface area (Å²) in [5.74, 6) is 0.784. The van der Waals surface area contributed by atoms with E-state index in [1.807, 2.05) is 29.1 Å². The van der Waals surface area contributed by atoms with Gasteiger partial charge in [-0.1, -0.05) is 6.07 Å². The summed E-state index contributed by atoms with van der Waals surface area (Å²) in [6.45, 7) is 0.662. The maximum atomic E-state index is 5.69. The molecule has 0 unspecified atom stereocenters. The number of rotatable bonds is 3. The van der Waals surface area contributed by atoms with Crippen LogP contribution in [0, 0.1) is 0 Å². The summed E-state index contributed by atoms with van der Waals surface area (Å²) in [5.41, 5.74) is 7.44. The number of aromatic nitrogens is 2. The van der Waals surface area contributed by atoms with Crippen molar-refractivity contribution in [3.05, 3.63) is 40.6 Å². The van der Waals surface area contributed by atoms with Gasteiger partial charge in [0.05, 0.1) is 24.3 Å². The molecular formula is C11H12BrN3O. The number of nitrogens with two attached hydrogens (primary N) is 1. The molecule has 0 spiro atoms. The fourth-order valence-electron chi connectivity index (χ4n) is 1.49. The topological polar surface area (TPSA) is 53.1 Å². The zero-order valence-corrected chi connectivity index (χ0v) is 10.4. The highest BCUT2D eigenvalue weighted by atomic mass is 79.9. The van der Waals surface area contributed by atoms with Crippen LogP contribution in [0.25, 0.3) is 0 Å². The van der Waals surface area contributed by atoms with Crippen molar-refractivity contribution in [3.63, 3.8) is 0 Å². The normalized spacial score (nSPS) is 10.4. The van der Waals surface area contributed by atoms with E-state index in [0.717, 1.165) is 15.8 Å². The van der Waals surface area contributed by atoms with Crippen molar-refractivity contribution in [1.29, 1.82) is 0 Å². The quantitative estimate of drug-likeness (QED) is 0.879. The predicted octanol–water partition coefficient (Wildman–Crippen LogP) is 2.28. The zero-order valence-electron chi connectivity index (χ0n) is 8.85. The van der Waals surface area contributed by atoms with E-state index in [1.165, 1.54) is 0 Å². The van der Waals surface area contributed by atoms with Crippen molar-refractivity contribution in [3.8, 4) is 5.75 Å². The van der Waals surface area contributed by atoms with Crippen LogP contribution < -0.4 is 10.5 Å². The van der Waals surface area contributed by atoms with Gasteiger partial charge in [-0.25, -0.2) is 0 Å². The third kappa shape index (κ3) is 2.36. The summed E-state index contributed by atoms with van der Waals surface area (Å²) >= 11 is 3.36. The molecular weight excluding hydrogens is 270 g/mol. The van der Waals surface area contributed by atoms with Crippen molar-refractivity contribution in [2.75, 3.05) is 12.8 Å². The van der Waals surface area contributed by atoms with Crippen LogP contribution in [-0.4, -0.2) is 16.9 Å². The highest BCUT2D eigenvalue weighted by Crippen LogP contribution is 2.22. The van der Waals surface area contributed by atoms with Crippen LogP contribution in [-0.2, 0) is 6.54 Å². The van der Waals surface area contributed by atoms with E-state index in [-0.39, 0.29) is 0 Å². The van der Waals surface area contributed by atoms with Crippen LogP contribution in [0.5, 0.6) is 5.75 Å². The highest BCUT2D eigenvalue weighted by Gasteiger charge is 2.05. The van der Waals surface area contributed by atoms with Crippen LogP contribution >= 0.6 is 15.9 Å². The van der Waals surface area contributed by atoms with Gasteiger partial charge in [0.2, 0.25) is 0 Å². The fraction of sp³-hybridized carbons (Fsp3) is 0.182. The first-order valence-electron chi connectivity index (χ1n) is 4.79. The molecule has 0 bridgehead atoms. The van der Waals surface area contributed by atoms with Gasteiger partial charge in [0, 0.05) is 23.5 Å². The molecule has 16 heavy (non-hydrogen) atoms. The Bertz CT molecular complexity index is 496. The number of anilines is 1. The Kier molecular flexibility index (Phi) is 3.14. The van der Waals surface area contributed by atoms with Gasteiger partial charge in [-0.05, 0) is 22.0 Å². The monoisotopic (exact) mass is 281 g/mol. The Morgan fingerprint density at radius 3 is 2.94 bits per heavy atom. The largest absolute Gasteiger partial charge is 0.496 e. The second-order valence-corrected chi connectivity index (χ2v) is 4.34. The van der Waals surface area contributed by atoms with E-state index in [1.54, 1.807) is 13.3 Å². The van der Waals surface area contributed by atoms with E-state index in [2.05, 4.69) is 21.0 Å². The number of halogens is 1. The first-order chi connectivity index (χ1) is 7.69. The number of hydrogen-bond acceptors (Lipinski definition) is 3. The Hall–Kier alpha value is -1.49. The number of methoxy groups -OCH3 is 1. The second kappa shape index (κ2) is 4.57. The van der Waals surface area contributed by atoms with E-state index in [9.17, 15) is 0 Å². The average molecular weight is 282 g/mol. The molecule has 0 atom stereocenters. The molecule has 4 nitrogen and oxygen atoms in total. The minimum absolute atomic E-state index is 0.662. The van der Waals surface area contributed by atoms with Crippen LogP contribution in [0.1, 0.15) is 5.56 Å². The van der Waals surface area contributed by atoms with Gasteiger partial charge in [0.25, 0.3) is 0 Å². The van der Waals surface area contributed by atoms with Gasteiger partial charge in [-0.3, -0.25) is 4.68 Å². The van der Waals surface area contributed by atoms with Crippen LogP contribution in [0.2, 0.25) is 0 Å². The second-order valence-electron chi connectivity index (χ2n) is 3.43. The molecule has 1 aromatic heterocycles. The number of nitrogen functional groups attached to an aromatic ring is 1. The summed E-state index contributed by atoms with van der Waals surface area (Å²) in [6.07, 6.45) is 3.67. The van der Waals surface area contributed by atoms with E-state index < -0.39 is 0 Å². The summed E-state index contributed by atoms with van der Waals surface area (Å²) in [7, 11) is 1.64. The third-order valence-corrected chi connectivity index (χ3v) is 2.65. The minimum Gasteiger partial charge on any atom is -0.496 e. The molecule has 0 saturated heterocycles. The molecule has 1 aromatic carbocycles. The Morgan fingerprint density at radius 2 is 2.31 bits per heavy atom. The standard InChI is InChI=1S/C11H12BrN3O/c1-16-11-4-10(13)3-2-8(11)6-15-7-9(12)5-14-15/h2-5,7H,6,13H2,1H3. The number of benzene rings is 1. The lowest BCUT2D eigenvalue weighted by Crippen LogP contribution is -2.02. The molecule has 2 rings (SSSR count). The Labute approximate surface area is 102 Å². The van der Waals surface area contributed by atoms with E-state index in [4.69, 9.17) is 10.5 Å². The lowest BCUT2D eigenvalue weighted by molar-refractivity contribution is 0.407. The lowest BCUT2D eigenvalue weighted by atomic mass is 10.2. The van der Waals surface area contributed by atoms with E-state index in [0.29, 0.717) is 12.2 Å². The highest BCUT2D eigenvalue weighted by molar-refractivity contribution is 9.10. The molecule has 2 aromatic rings. The predicted molar refractivity (Wildman–Crippen MR) is 66.4 cm³/mol. The smallest absolute Gasteiger partial charge is 0.125 e. The molecule has 0 amide bonds. The first-order valence-corrected chi connectivity index (χ1v) is 5.58. The van der Waals surface area contributed by atoms with Gasteiger partial charge >= 0.3 is 0 Å². The molecule has 0 saturated carbocycles. The van der Waals surface area contributed by atoms with Gasteiger partial charge in [0.15, 0.2) is 0 Å². The average Bonchev–Trinajstić information content (AvgIpc) is 2.67. The molecule has 0 aliphatic carbocycles. The van der Waals surface area contributed by atoms with Crippen molar-refractivity contribution < 1.29 is 4.74 Å². The van der Waals surface area contributed by atoms with Crippen LogP contribution in [0.15, 0.2) is 35.1 Å². The Morgan fingerprint density at radius 1 is 1.50 bits per heavy atom. The van der Waals surface area contributed by atoms with Gasteiger partial charge in [0.1, 0.15) is 5.75 Å². The molecule has 0 aliphatic rings. The molecule has 0 aliphatic heterocycles. The van der Waals surface area contributed by atoms with Gasteiger partial charge in [-0.2, -0.15) is 5.10 Å². The summed E-state index contributed by atoms with van der Waals surface area (Å²) in [5, 5.41) is 4.19. The number of ether oxygens (including phenoxy) is 1. The molecule has 1 heterocycles. The molecule has 84 valence electrons.